The average Bonchev–Trinajstić information content (AvgIpc) is 2.26. The molecule has 0 bridgehead atoms. The summed E-state index contributed by atoms with van der Waals surface area (Å²) in [6.07, 6.45) is 1.71. The summed E-state index contributed by atoms with van der Waals surface area (Å²) in [6, 6.07) is 5.60. The second-order valence-corrected chi connectivity index (χ2v) is 2.88. The second kappa shape index (κ2) is 5.20. The van der Waals surface area contributed by atoms with E-state index in [1.54, 1.807) is 12.3 Å². The fourth-order valence-corrected chi connectivity index (χ4v) is 1.26. The van der Waals surface area contributed by atoms with Gasteiger partial charge in [0.05, 0.1) is 11.9 Å². The molecular weight excluding hydrogens is 176 g/mol. The highest BCUT2D eigenvalue weighted by Gasteiger charge is 2.02. The summed E-state index contributed by atoms with van der Waals surface area (Å²) in [6.45, 7) is 4.39. The molecule has 14 heavy (non-hydrogen) atoms. The SMILES string of the molecule is CCN(CCN)c1ccc(C#N)nc1. The summed E-state index contributed by atoms with van der Waals surface area (Å²) >= 11 is 0. The number of nitrogens with two attached hydrogens (primary N) is 1. The van der Waals surface area contributed by atoms with Gasteiger partial charge in [0, 0.05) is 19.6 Å². The molecule has 4 heteroatoms. The summed E-state index contributed by atoms with van der Waals surface area (Å²) in [5.74, 6) is 0. The summed E-state index contributed by atoms with van der Waals surface area (Å²) in [5.41, 5.74) is 6.94. The molecule has 0 atom stereocenters. The van der Waals surface area contributed by atoms with Gasteiger partial charge in [-0.1, -0.05) is 0 Å². The van der Waals surface area contributed by atoms with Crippen LogP contribution in [0.5, 0.6) is 0 Å². The number of aromatic nitrogens is 1. The van der Waals surface area contributed by atoms with Crippen molar-refractivity contribution in [2.24, 2.45) is 5.73 Å². The molecule has 0 aromatic carbocycles. The van der Waals surface area contributed by atoms with Crippen LogP contribution < -0.4 is 10.6 Å². The van der Waals surface area contributed by atoms with Crippen LogP contribution in [0, 0.1) is 11.3 Å². The predicted octanol–water partition coefficient (Wildman–Crippen LogP) is 0.738. The first-order chi connectivity index (χ1) is 6.81. The minimum absolute atomic E-state index is 0.442. The van der Waals surface area contributed by atoms with Gasteiger partial charge in [0.1, 0.15) is 11.8 Å². The van der Waals surface area contributed by atoms with Crippen LogP contribution in [0.3, 0.4) is 0 Å². The molecule has 1 heterocycles. The van der Waals surface area contributed by atoms with Gasteiger partial charge in [0.2, 0.25) is 0 Å². The highest BCUT2D eigenvalue weighted by atomic mass is 15.1. The van der Waals surface area contributed by atoms with E-state index in [-0.39, 0.29) is 0 Å². The van der Waals surface area contributed by atoms with Gasteiger partial charge in [0.15, 0.2) is 0 Å². The quantitative estimate of drug-likeness (QED) is 0.760. The first-order valence-electron chi connectivity index (χ1n) is 4.63. The van der Waals surface area contributed by atoms with Crippen molar-refractivity contribution in [2.45, 2.75) is 6.92 Å². The molecule has 0 aliphatic heterocycles. The maximum Gasteiger partial charge on any atom is 0.140 e. The lowest BCUT2D eigenvalue weighted by Crippen LogP contribution is -2.29. The molecule has 4 nitrogen and oxygen atoms in total. The molecule has 1 aromatic rings. The first-order valence-corrected chi connectivity index (χ1v) is 4.63. The minimum Gasteiger partial charge on any atom is -0.369 e. The predicted molar refractivity (Wildman–Crippen MR) is 55.9 cm³/mol. The molecule has 1 aromatic heterocycles. The molecular formula is C10H14N4. The Kier molecular flexibility index (Phi) is 3.89. The van der Waals surface area contributed by atoms with E-state index in [4.69, 9.17) is 11.0 Å². The number of nitrogens with zero attached hydrogens (tertiary/aromatic N) is 3. The standard InChI is InChI=1S/C10H14N4/c1-2-14(6-5-11)10-4-3-9(7-12)13-8-10/h3-4,8H,2,5-6,11H2,1H3. The Balaban J connectivity index is 2.79. The van der Waals surface area contributed by atoms with Crippen molar-refractivity contribution >= 4 is 5.69 Å². The van der Waals surface area contributed by atoms with Gasteiger partial charge in [-0.2, -0.15) is 5.26 Å². The van der Waals surface area contributed by atoms with Crippen LogP contribution >= 0.6 is 0 Å². The normalized spacial score (nSPS) is 9.50. The molecule has 1 rings (SSSR count). The molecule has 0 radical (unpaired) electrons. The van der Waals surface area contributed by atoms with Crippen molar-refractivity contribution in [1.29, 1.82) is 5.26 Å². The summed E-state index contributed by atoms with van der Waals surface area (Å²) < 4.78 is 0. The lowest BCUT2D eigenvalue weighted by molar-refractivity contribution is 0.814. The Morgan fingerprint density at radius 3 is 2.79 bits per heavy atom. The Morgan fingerprint density at radius 2 is 2.36 bits per heavy atom. The highest BCUT2D eigenvalue weighted by molar-refractivity contribution is 5.45. The van der Waals surface area contributed by atoms with E-state index in [9.17, 15) is 0 Å². The highest BCUT2D eigenvalue weighted by Crippen LogP contribution is 2.11. The number of rotatable bonds is 4. The van der Waals surface area contributed by atoms with Crippen LogP contribution in [0.25, 0.3) is 0 Å². The van der Waals surface area contributed by atoms with Crippen LogP contribution in [0.1, 0.15) is 12.6 Å². The van der Waals surface area contributed by atoms with E-state index in [0.717, 1.165) is 18.8 Å². The Hall–Kier alpha value is -1.60. The van der Waals surface area contributed by atoms with Crippen molar-refractivity contribution < 1.29 is 0 Å². The summed E-state index contributed by atoms with van der Waals surface area (Å²) in [7, 11) is 0. The third-order valence-electron chi connectivity index (χ3n) is 2.01. The summed E-state index contributed by atoms with van der Waals surface area (Å²) in [5, 5.41) is 8.58. The monoisotopic (exact) mass is 190 g/mol. The molecule has 0 aliphatic carbocycles. The second-order valence-electron chi connectivity index (χ2n) is 2.88. The molecule has 0 amide bonds. The number of nitriles is 1. The van der Waals surface area contributed by atoms with Gasteiger partial charge < -0.3 is 10.6 Å². The van der Waals surface area contributed by atoms with Crippen LogP contribution in [0.4, 0.5) is 5.69 Å². The minimum atomic E-state index is 0.442. The van der Waals surface area contributed by atoms with Gasteiger partial charge in [-0.15, -0.1) is 0 Å². The molecule has 0 spiro atoms. The molecule has 74 valence electrons. The van der Waals surface area contributed by atoms with Crippen molar-refractivity contribution in [2.75, 3.05) is 24.5 Å². The van der Waals surface area contributed by atoms with Crippen LogP contribution in [-0.4, -0.2) is 24.6 Å². The van der Waals surface area contributed by atoms with Crippen molar-refractivity contribution in [1.82, 2.24) is 4.98 Å². The van der Waals surface area contributed by atoms with E-state index in [2.05, 4.69) is 16.8 Å². The van der Waals surface area contributed by atoms with Crippen LogP contribution in [0.2, 0.25) is 0 Å². The third kappa shape index (κ3) is 2.44. The van der Waals surface area contributed by atoms with Crippen LogP contribution in [0.15, 0.2) is 18.3 Å². The van der Waals surface area contributed by atoms with Crippen molar-refractivity contribution in [3.8, 4) is 6.07 Å². The lowest BCUT2D eigenvalue weighted by atomic mass is 10.3. The average molecular weight is 190 g/mol. The van der Waals surface area contributed by atoms with Crippen molar-refractivity contribution in [3.63, 3.8) is 0 Å². The van der Waals surface area contributed by atoms with Gasteiger partial charge in [-0.25, -0.2) is 4.98 Å². The molecule has 0 fully saturated rings. The number of likely N-dealkylation sites (N-methyl/N-ethyl adjacent to an activating group) is 1. The number of hydrogen-bond acceptors (Lipinski definition) is 4. The largest absolute Gasteiger partial charge is 0.369 e. The van der Waals surface area contributed by atoms with Gasteiger partial charge in [-0.05, 0) is 19.1 Å². The third-order valence-corrected chi connectivity index (χ3v) is 2.01. The van der Waals surface area contributed by atoms with E-state index in [1.165, 1.54) is 0 Å². The first kappa shape index (κ1) is 10.5. The van der Waals surface area contributed by atoms with E-state index in [0.29, 0.717) is 12.2 Å². The maximum absolute atomic E-state index is 8.58. The smallest absolute Gasteiger partial charge is 0.140 e. The lowest BCUT2D eigenvalue weighted by Gasteiger charge is -2.21. The topological polar surface area (TPSA) is 65.9 Å². The van der Waals surface area contributed by atoms with Crippen LogP contribution in [-0.2, 0) is 0 Å². The Bertz CT molecular complexity index is 312. The fraction of sp³-hybridized carbons (Fsp3) is 0.400. The maximum atomic E-state index is 8.58. The van der Waals surface area contributed by atoms with Gasteiger partial charge in [0.25, 0.3) is 0 Å². The molecule has 0 aliphatic rings. The van der Waals surface area contributed by atoms with Gasteiger partial charge >= 0.3 is 0 Å². The zero-order valence-electron chi connectivity index (χ0n) is 8.27. The Labute approximate surface area is 84.0 Å². The molecule has 0 saturated heterocycles. The summed E-state index contributed by atoms with van der Waals surface area (Å²) in [4.78, 5) is 6.12. The fourth-order valence-electron chi connectivity index (χ4n) is 1.26. The van der Waals surface area contributed by atoms with E-state index < -0.39 is 0 Å². The van der Waals surface area contributed by atoms with Gasteiger partial charge in [-0.3, -0.25) is 0 Å². The number of pyridine rings is 1. The zero-order valence-corrected chi connectivity index (χ0v) is 8.27. The number of hydrogen-bond donors (Lipinski definition) is 1. The molecule has 2 N–H and O–H groups in total. The Morgan fingerprint density at radius 1 is 1.57 bits per heavy atom. The van der Waals surface area contributed by atoms with Crippen molar-refractivity contribution in [3.05, 3.63) is 24.0 Å². The number of anilines is 1. The van der Waals surface area contributed by atoms with E-state index in [1.807, 2.05) is 12.1 Å². The molecule has 0 saturated carbocycles. The zero-order chi connectivity index (χ0) is 10.4. The van der Waals surface area contributed by atoms with E-state index >= 15 is 0 Å². The molecule has 0 unspecified atom stereocenters.